The van der Waals surface area contributed by atoms with Crippen LogP contribution < -0.4 is 4.90 Å². The van der Waals surface area contributed by atoms with Gasteiger partial charge in [-0.1, -0.05) is 49.4 Å². The van der Waals surface area contributed by atoms with Crippen LogP contribution in [0.1, 0.15) is 25.3 Å². The zero-order chi connectivity index (χ0) is 18.6. The molecule has 1 amide bonds. The molecule has 3 nitrogen and oxygen atoms in total. The first kappa shape index (κ1) is 18.4. The minimum Gasteiger partial charge on any atom is -0.360 e. The molecule has 27 heavy (non-hydrogen) atoms. The fourth-order valence-corrected chi connectivity index (χ4v) is 5.39. The first-order valence-corrected chi connectivity index (χ1v) is 10.9. The number of benzene rings is 2. The van der Waals surface area contributed by atoms with Gasteiger partial charge in [0.15, 0.2) is 0 Å². The van der Waals surface area contributed by atoms with Crippen molar-refractivity contribution >= 4 is 23.4 Å². The number of likely N-dealkylation sites (tertiary alicyclic amines) is 1. The molecule has 2 aromatic carbocycles. The molecule has 0 aliphatic carbocycles. The molecule has 142 valence electrons. The van der Waals surface area contributed by atoms with E-state index >= 15 is 0 Å². The SMILES string of the molecule is C[C@@H]1CN(CC(=O)N2CCC(Cc3ccccc3)CC2)c2ccccc2S1. The van der Waals surface area contributed by atoms with Crippen LogP contribution >= 0.6 is 11.8 Å². The summed E-state index contributed by atoms with van der Waals surface area (Å²) in [5, 5.41) is 0.518. The zero-order valence-electron chi connectivity index (χ0n) is 16.0. The number of nitrogens with zero attached hydrogens (tertiary/aromatic N) is 2. The maximum atomic E-state index is 12.9. The second-order valence-electron chi connectivity index (χ2n) is 7.79. The number of fused-ring (bicyclic) bond motifs is 1. The van der Waals surface area contributed by atoms with Crippen molar-refractivity contribution in [3.8, 4) is 0 Å². The Morgan fingerprint density at radius 1 is 1.04 bits per heavy atom. The molecule has 0 aromatic heterocycles. The maximum Gasteiger partial charge on any atom is 0.242 e. The second kappa shape index (κ2) is 8.39. The zero-order valence-corrected chi connectivity index (χ0v) is 16.8. The largest absolute Gasteiger partial charge is 0.360 e. The van der Waals surface area contributed by atoms with Gasteiger partial charge in [-0.05, 0) is 42.9 Å². The van der Waals surface area contributed by atoms with Gasteiger partial charge in [-0.2, -0.15) is 0 Å². The summed E-state index contributed by atoms with van der Waals surface area (Å²) in [5.41, 5.74) is 2.63. The molecule has 2 heterocycles. The Bertz CT molecular complexity index is 771. The van der Waals surface area contributed by atoms with Crippen LogP contribution in [0.5, 0.6) is 0 Å². The number of hydrogen-bond acceptors (Lipinski definition) is 3. The molecule has 0 spiro atoms. The first-order chi connectivity index (χ1) is 13.2. The maximum absolute atomic E-state index is 12.9. The molecule has 4 rings (SSSR count). The normalized spacial score (nSPS) is 20.4. The monoisotopic (exact) mass is 380 g/mol. The lowest BCUT2D eigenvalue weighted by Gasteiger charge is -2.37. The number of rotatable bonds is 4. The van der Waals surface area contributed by atoms with Crippen LogP contribution in [0.3, 0.4) is 0 Å². The smallest absolute Gasteiger partial charge is 0.242 e. The van der Waals surface area contributed by atoms with Crippen LogP contribution in [0.2, 0.25) is 0 Å². The molecule has 1 atom stereocenters. The van der Waals surface area contributed by atoms with E-state index in [-0.39, 0.29) is 5.91 Å². The Morgan fingerprint density at radius 2 is 1.74 bits per heavy atom. The molecular weight excluding hydrogens is 352 g/mol. The molecule has 2 aliphatic rings. The molecule has 0 saturated carbocycles. The summed E-state index contributed by atoms with van der Waals surface area (Å²) in [6.45, 7) is 5.49. The first-order valence-electron chi connectivity index (χ1n) is 10.0. The van der Waals surface area contributed by atoms with E-state index in [1.54, 1.807) is 0 Å². The van der Waals surface area contributed by atoms with Gasteiger partial charge >= 0.3 is 0 Å². The highest BCUT2D eigenvalue weighted by molar-refractivity contribution is 8.00. The van der Waals surface area contributed by atoms with E-state index in [0.29, 0.717) is 17.7 Å². The fourth-order valence-electron chi connectivity index (χ4n) is 4.23. The Kier molecular flexibility index (Phi) is 5.72. The third kappa shape index (κ3) is 4.49. The average Bonchev–Trinajstić information content (AvgIpc) is 2.69. The highest BCUT2D eigenvalue weighted by Crippen LogP contribution is 2.38. The van der Waals surface area contributed by atoms with Crippen LogP contribution in [0.15, 0.2) is 59.5 Å². The van der Waals surface area contributed by atoms with Crippen molar-refractivity contribution in [3.63, 3.8) is 0 Å². The number of anilines is 1. The molecule has 4 heteroatoms. The number of piperidine rings is 1. The van der Waals surface area contributed by atoms with E-state index in [4.69, 9.17) is 0 Å². The van der Waals surface area contributed by atoms with Crippen molar-refractivity contribution in [2.24, 2.45) is 5.92 Å². The van der Waals surface area contributed by atoms with Gasteiger partial charge in [-0.15, -0.1) is 11.8 Å². The van der Waals surface area contributed by atoms with E-state index in [1.807, 2.05) is 11.8 Å². The molecule has 2 aromatic rings. The highest BCUT2D eigenvalue weighted by atomic mass is 32.2. The molecule has 0 radical (unpaired) electrons. The highest BCUT2D eigenvalue weighted by Gasteiger charge is 2.27. The van der Waals surface area contributed by atoms with Crippen LogP contribution in [0.25, 0.3) is 0 Å². The lowest BCUT2D eigenvalue weighted by molar-refractivity contribution is -0.131. The lowest BCUT2D eigenvalue weighted by atomic mass is 9.90. The van der Waals surface area contributed by atoms with Gasteiger partial charge in [-0.3, -0.25) is 4.79 Å². The third-order valence-corrected chi connectivity index (χ3v) is 6.82. The van der Waals surface area contributed by atoms with Crippen LogP contribution in [-0.4, -0.2) is 42.2 Å². The number of carbonyl (C=O) groups is 1. The molecule has 1 saturated heterocycles. The van der Waals surface area contributed by atoms with Gasteiger partial charge in [0.1, 0.15) is 0 Å². The predicted octanol–water partition coefficient (Wildman–Crippen LogP) is 4.47. The van der Waals surface area contributed by atoms with Gasteiger partial charge < -0.3 is 9.80 Å². The van der Waals surface area contributed by atoms with Crippen molar-refractivity contribution in [2.45, 2.75) is 36.3 Å². The number of amides is 1. The summed E-state index contributed by atoms with van der Waals surface area (Å²) >= 11 is 1.91. The molecule has 0 bridgehead atoms. The predicted molar refractivity (Wildman–Crippen MR) is 113 cm³/mol. The molecule has 1 fully saturated rings. The van der Waals surface area contributed by atoms with Gasteiger partial charge in [0.2, 0.25) is 5.91 Å². The van der Waals surface area contributed by atoms with E-state index in [0.717, 1.165) is 38.9 Å². The number of carbonyl (C=O) groups excluding carboxylic acids is 1. The molecular formula is C23H28N2OS. The summed E-state index contributed by atoms with van der Waals surface area (Å²) in [5.74, 6) is 0.977. The summed E-state index contributed by atoms with van der Waals surface area (Å²) in [7, 11) is 0. The van der Waals surface area contributed by atoms with Crippen molar-refractivity contribution in [3.05, 3.63) is 60.2 Å². The van der Waals surface area contributed by atoms with Gasteiger partial charge in [0.25, 0.3) is 0 Å². The Labute approximate surface area is 166 Å². The molecule has 0 unspecified atom stereocenters. The van der Waals surface area contributed by atoms with Gasteiger partial charge in [0.05, 0.1) is 12.2 Å². The van der Waals surface area contributed by atoms with Gasteiger partial charge in [-0.25, -0.2) is 0 Å². The fraction of sp³-hybridized carbons (Fsp3) is 0.435. The molecule has 0 N–H and O–H groups in total. The minimum absolute atomic E-state index is 0.280. The quantitative estimate of drug-likeness (QED) is 0.782. The minimum atomic E-state index is 0.280. The standard InChI is InChI=1S/C23H28N2OS/c1-18-16-25(21-9-5-6-10-22(21)27-18)17-23(26)24-13-11-20(12-14-24)15-19-7-3-2-4-8-19/h2-10,18,20H,11-17H2,1H3/t18-/m1/s1. The summed E-state index contributed by atoms with van der Waals surface area (Å²) in [6.07, 6.45) is 3.37. The summed E-state index contributed by atoms with van der Waals surface area (Å²) in [4.78, 5) is 18.6. The van der Waals surface area contributed by atoms with Crippen molar-refractivity contribution in [2.75, 3.05) is 31.1 Å². The van der Waals surface area contributed by atoms with E-state index in [9.17, 15) is 4.79 Å². The Hall–Kier alpha value is -1.94. The average molecular weight is 381 g/mol. The van der Waals surface area contributed by atoms with E-state index in [1.165, 1.54) is 16.1 Å². The number of thioether (sulfide) groups is 1. The number of para-hydroxylation sites is 1. The van der Waals surface area contributed by atoms with Crippen LogP contribution in [0.4, 0.5) is 5.69 Å². The van der Waals surface area contributed by atoms with Crippen molar-refractivity contribution in [1.29, 1.82) is 0 Å². The van der Waals surface area contributed by atoms with Crippen LogP contribution in [0, 0.1) is 5.92 Å². The van der Waals surface area contributed by atoms with E-state index < -0.39 is 0 Å². The summed E-state index contributed by atoms with van der Waals surface area (Å²) < 4.78 is 0. The Balaban J connectivity index is 1.32. The summed E-state index contributed by atoms with van der Waals surface area (Å²) in [6, 6.07) is 19.2. The Morgan fingerprint density at radius 3 is 2.52 bits per heavy atom. The molecule has 2 aliphatic heterocycles. The van der Waals surface area contributed by atoms with E-state index in [2.05, 4.69) is 71.3 Å². The topological polar surface area (TPSA) is 23.6 Å². The van der Waals surface area contributed by atoms with Crippen LogP contribution in [-0.2, 0) is 11.2 Å². The number of hydrogen-bond donors (Lipinski definition) is 0. The van der Waals surface area contributed by atoms with Crippen molar-refractivity contribution in [1.82, 2.24) is 4.90 Å². The third-order valence-electron chi connectivity index (χ3n) is 5.67. The lowest BCUT2D eigenvalue weighted by Crippen LogP contribution is -2.46. The van der Waals surface area contributed by atoms with Gasteiger partial charge in [0, 0.05) is 29.8 Å². The second-order valence-corrected chi connectivity index (χ2v) is 9.27. The van der Waals surface area contributed by atoms with Crippen molar-refractivity contribution < 1.29 is 4.79 Å².